The van der Waals surface area contributed by atoms with Crippen molar-refractivity contribution in [3.05, 3.63) is 41.8 Å². The van der Waals surface area contributed by atoms with Crippen LogP contribution >= 0.6 is 0 Å². The first-order chi connectivity index (χ1) is 9.20. The van der Waals surface area contributed by atoms with Gasteiger partial charge in [0, 0.05) is 16.6 Å². The molecule has 1 aromatic carbocycles. The fourth-order valence-electron chi connectivity index (χ4n) is 2.04. The van der Waals surface area contributed by atoms with Gasteiger partial charge in [0.15, 0.2) is 5.82 Å². The monoisotopic (exact) mass is 254 g/mol. The first kappa shape index (κ1) is 11.7. The Labute approximate surface area is 110 Å². The molecule has 19 heavy (non-hydrogen) atoms. The Morgan fingerprint density at radius 3 is 2.74 bits per heavy atom. The maximum Gasteiger partial charge on any atom is 0.165 e. The zero-order chi connectivity index (χ0) is 13.4. The number of aromatic nitrogens is 2. The smallest absolute Gasteiger partial charge is 0.165 e. The van der Waals surface area contributed by atoms with Gasteiger partial charge in [-0.3, -0.25) is 0 Å². The molecule has 0 aliphatic rings. The maximum atomic E-state index is 5.52. The molecule has 3 rings (SSSR count). The number of fused-ring (bicyclic) bond motifs is 1. The molecule has 3 N–H and O–H groups in total. The Hall–Kier alpha value is -2.40. The first-order valence-electron chi connectivity index (χ1n) is 5.99. The van der Waals surface area contributed by atoms with E-state index in [1.54, 1.807) is 6.26 Å². The lowest BCUT2D eigenvalue weighted by Gasteiger charge is -2.08. The van der Waals surface area contributed by atoms with Crippen LogP contribution in [0, 0.1) is 13.8 Å². The number of nitrogens with zero attached hydrogens (tertiary/aromatic N) is 2. The molecule has 0 atom stereocenters. The van der Waals surface area contributed by atoms with E-state index in [0.29, 0.717) is 11.6 Å². The average molecular weight is 254 g/mol. The van der Waals surface area contributed by atoms with E-state index in [1.807, 2.05) is 38.1 Å². The van der Waals surface area contributed by atoms with Crippen LogP contribution in [0.5, 0.6) is 0 Å². The Morgan fingerprint density at radius 2 is 1.95 bits per heavy atom. The number of hydrogen-bond acceptors (Lipinski definition) is 5. The van der Waals surface area contributed by atoms with Gasteiger partial charge in [-0.05, 0) is 19.9 Å². The lowest BCUT2D eigenvalue weighted by atomic mass is 10.1. The average Bonchev–Trinajstić information content (AvgIpc) is 2.85. The van der Waals surface area contributed by atoms with Crippen molar-refractivity contribution in [2.45, 2.75) is 13.8 Å². The molecular formula is C14H14N4O. The molecule has 2 aromatic heterocycles. The van der Waals surface area contributed by atoms with Gasteiger partial charge in [-0.1, -0.05) is 18.2 Å². The van der Waals surface area contributed by atoms with Crippen molar-refractivity contribution >= 4 is 16.8 Å². The van der Waals surface area contributed by atoms with Gasteiger partial charge in [-0.25, -0.2) is 15.8 Å². The van der Waals surface area contributed by atoms with Gasteiger partial charge in [-0.15, -0.1) is 0 Å². The largest absolute Gasteiger partial charge is 0.464 e. The van der Waals surface area contributed by atoms with E-state index in [9.17, 15) is 0 Å². The van der Waals surface area contributed by atoms with E-state index >= 15 is 0 Å². The van der Waals surface area contributed by atoms with E-state index < -0.39 is 0 Å². The molecule has 96 valence electrons. The summed E-state index contributed by atoms with van der Waals surface area (Å²) in [4.78, 5) is 8.94. The number of para-hydroxylation sites is 1. The minimum atomic E-state index is 0.612. The number of furan rings is 1. The van der Waals surface area contributed by atoms with Gasteiger partial charge < -0.3 is 9.84 Å². The summed E-state index contributed by atoms with van der Waals surface area (Å²) < 4.78 is 5.52. The minimum Gasteiger partial charge on any atom is -0.464 e. The van der Waals surface area contributed by atoms with Gasteiger partial charge in [0.2, 0.25) is 0 Å². The van der Waals surface area contributed by atoms with Crippen molar-refractivity contribution < 1.29 is 4.42 Å². The Kier molecular flexibility index (Phi) is 2.68. The molecule has 0 spiro atoms. The van der Waals surface area contributed by atoms with Crippen LogP contribution in [-0.4, -0.2) is 9.97 Å². The fraction of sp³-hybridized carbons (Fsp3) is 0.143. The van der Waals surface area contributed by atoms with Gasteiger partial charge in [0.1, 0.15) is 17.7 Å². The number of nitrogens with two attached hydrogens (primary N) is 1. The first-order valence-corrected chi connectivity index (χ1v) is 5.99. The third-order valence-electron chi connectivity index (χ3n) is 3.25. The number of hydrazine groups is 1. The molecule has 3 aromatic rings. The quantitative estimate of drug-likeness (QED) is 0.543. The number of rotatable bonds is 2. The van der Waals surface area contributed by atoms with E-state index in [-0.39, 0.29) is 0 Å². The number of anilines is 1. The standard InChI is InChI=1S/C14H14N4O/c1-8-9(2)16-14(17-13(8)18-15)11-7-19-12-6-4-3-5-10(11)12/h3-7H,15H2,1-2H3,(H,16,17,18). The van der Waals surface area contributed by atoms with Crippen molar-refractivity contribution in [3.8, 4) is 11.4 Å². The molecular weight excluding hydrogens is 240 g/mol. The van der Waals surface area contributed by atoms with Crippen LogP contribution < -0.4 is 11.3 Å². The van der Waals surface area contributed by atoms with E-state index in [0.717, 1.165) is 27.8 Å². The van der Waals surface area contributed by atoms with Crippen LogP contribution in [0.25, 0.3) is 22.4 Å². The second-order valence-electron chi connectivity index (χ2n) is 4.40. The Morgan fingerprint density at radius 1 is 1.16 bits per heavy atom. The minimum absolute atomic E-state index is 0.612. The van der Waals surface area contributed by atoms with E-state index in [2.05, 4.69) is 15.4 Å². The summed E-state index contributed by atoms with van der Waals surface area (Å²) in [6.07, 6.45) is 1.68. The topological polar surface area (TPSA) is 77.0 Å². The number of aryl methyl sites for hydroxylation is 1. The molecule has 0 radical (unpaired) electrons. The molecule has 0 unspecified atom stereocenters. The molecule has 0 amide bonds. The predicted molar refractivity (Wildman–Crippen MR) is 74.5 cm³/mol. The number of benzene rings is 1. The van der Waals surface area contributed by atoms with E-state index in [4.69, 9.17) is 10.3 Å². The number of nitrogens with one attached hydrogen (secondary N) is 1. The molecule has 0 saturated heterocycles. The molecule has 0 aliphatic carbocycles. The van der Waals surface area contributed by atoms with Gasteiger partial charge in [0.25, 0.3) is 0 Å². The SMILES string of the molecule is Cc1nc(-c2coc3ccccc23)nc(NN)c1C. The van der Waals surface area contributed by atoms with Crippen molar-refractivity contribution in [1.29, 1.82) is 0 Å². The molecule has 0 aliphatic heterocycles. The second-order valence-corrected chi connectivity index (χ2v) is 4.40. The Balaban J connectivity index is 2.24. The molecule has 0 fully saturated rings. The molecule has 0 bridgehead atoms. The number of hydrogen-bond donors (Lipinski definition) is 2. The Bertz CT molecular complexity index is 748. The third-order valence-corrected chi connectivity index (χ3v) is 3.25. The molecule has 2 heterocycles. The summed E-state index contributed by atoms with van der Waals surface area (Å²) >= 11 is 0. The highest BCUT2D eigenvalue weighted by atomic mass is 16.3. The van der Waals surface area contributed by atoms with Crippen LogP contribution in [0.15, 0.2) is 34.9 Å². The highest BCUT2D eigenvalue weighted by Gasteiger charge is 2.13. The van der Waals surface area contributed by atoms with E-state index in [1.165, 1.54) is 0 Å². The highest BCUT2D eigenvalue weighted by Crippen LogP contribution is 2.29. The summed E-state index contributed by atoms with van der Waals surface area (Å²) in [6, 6.07) is 7.80. The van der Waals surface area contributed by atoms with Crippen molar-refractivity contribution in [1.82, 2.24) is 9.97 Å². The zero-order valence-corrected chi connectivity index (χ0v) is 10.8. The molecule has 5 heteroatoms. The summed E-state index contributed by atoms with van der Waals surface area (Å²) in [5.41, 5.74) is 6.13. The van der Waals surface area contributed by atoms with Gasteiger partial charge in [-0.2, -0.15) is 0 Å². The summed E-state index contributed by atoms with van der Waals surface area (Å²) in [5, 5.41) is 0.994. The highest BCUT2D eigenvalue weighted by molar-refractivity contribution is 5.92. The molecule has 0 saturated carbocycles. The zero-order valence-electron chi connectivity index (χ0n) is 10.8. The second kappa shape index (κ2) is 4.37. The van der Waals surface area contributed by atoms with Crippen LogP contribution in [0.2, 0.25) is 0 Å². The lowest BCUT2D eigenvalue weighted by Crippen LogP contribution is -2.12. The van der Waals surface area contributed by atoms with Gasteiger partial charge >= 0.3 is 0 Å². The molecule has 5 nitrogen and oxygen atoms in total. The fourth-order valence-corrected chi connectivity index (χ4v) is 2.04. The van der Waals surface area contributed by atoms with Crippen molar-refractivity contribution in [2.75, 3.05) is 5.43 Å². The van der Waals surface area contributed by atoms with Crippen molar-refractivity contribution in [3.63, 3.8) is 0 Å². The van der Waals surface area contributed by atoms with Crippen LogP contribution in [0.3, 0.4) is 0 Å². The summed E-state index contributed by atoms with van der Waals surface area (Å²) in [6.45, 7) is 3.87. The normalized spacial score (nSPS) is 10.9. The third kappa shape index (κ3) is 1.84. The van der Waals surface area contributed by atoms with Gasteiger partial charge in [0.05, 0.1) is 5.56 Å². The maximum absolute atomic E-state index is 5.52. The summed E-state index contributed by atoms with van der Waals surface area (Å²) in [5.74, 6) is 6.73. The lowest BCUT2D eigenvalue weighted by molar-refractivity contribution is 0.616. The predicted octanol–water partition coefficient (Wildman–Crippen LogP) is 2.79. The van der Waals surface area contributed by atoms with Crippen LogP contribution in [0.4, 0.5) is 5.82 Å². The van der Waals surface area contributed by atoms with Crippen molar-refractivity contribution in [2.24, 2.45) is 5.84 Å². The van der Waals surface area contributed by atoms with Crippen LogP contribution in [-0.2, 0) is 0 Å². The van der Waals surface area contributed by atoms with Crippen LogP contribution in [0.1, 0.15) is 11.3 Å². The number of nitrogen functional groups attached to an aromatic ring is 1. The summed E-state index contributed by atoms with van der Waals surface area (Å²) in [7, 11) is 0.